The predicted octanol–water partition coefficient (Wildman–Crippen LogP) is 7.78. The molecule has 4 heterocycles. The van der Waals surface area contributed by atoms with Gasteiger partial charge >= 0.3 is 0 Å². The van der Waals surface area contributed by atoms with E-state index in [-0.39, 0.29) is 5.78 Å². The molecule has 5 heteroatoms. The van der Waals surface area contributed by atoms with E-state index >= 15 is 0 Å². The van der Waals surface area contributed by atoms with Crippen molar-refractivity contribution >= 4 is 91.5 Å². The van der Waals surface area contributed by atoms with Gasteiger partial charge in [-0.3, -0.25) is 4.79 Å². The zero-order valence-corrected chi connectivity index (χ0v) is 16.6. The number of fused-ring (bicyclic) bond motifs is 6. The first kappa shape index (κ1) is 15.1. The molecular weight excluding hydrogens is 396 g/mol. The van der Waals surface area contributed by atoms with E-state index in [1.165, 1.54) is 40.3 Å². The van der Waals surface area contributed by atoms with Crippen LogP contribution in [0.3, 0.4) is 0 Å². The normalized spacial score (nSPS) is 12.0. The average Bonchev–Trinajstić information content (AvgIpc) is 3.44. The van der Waals surface area contributed by atoms with Crippen LogP contribution in [-0.2, 0) is 0 Å². The molecule has 0 spiro atoms. The lowest BCUT2D eigenvalue weighted by molar-refractivity contribution is 0.104. The van der Waals surface area contributed by atoms with Crippen molar-refractivity contribution in [2.45, 2.75) is 0 Å². The fourth-order valence-electron chi connectivity index (χ4n) is 3.47. The van der Waals surface area contributed by atoms with Crippen molar-refractivity contribution in [2.75, 3.05) is 0 Å². The third-order valence-electron chi connectivity index (χ3n) is 4.71. The summed E-state index contributed by atoms with van der Waals surface area (Å²) in [7, 11) is 0. The number of carbonyl (C=O) groups excluding carboxylic acids is 1. The molecule has 0 saturated carbocycles. The van der Waals surface area contributed by atoms with Crippen molar-refractivity contribution in [3.8, 4) is 0 Å². The minimum atomic E-state index is 0.138. The van der Waals surface area contributed by atoms with Gasteiger partial charge in [0, 0.05) is 40.3 Å². The van der Waals surface area contributed by atoms with Gasteiger partial charge in [0.25, 0.3) is 0 Å². The van der Waals surface area contributed by atoms with E-state index in [0.717, 1.165) is 9.75 Å². The van der Waals surface area contributed by atoms with Crippen LogP contribution < -0.4 is 0 Å². The molecule has 0 radical (unpaired) electrons. The summed E-state index contributed by atoms with van der Waals surface area (Å²) in [5, 5.41) is 9.11. The summed E-state index contributed by atoms with van der Waals surface area (Å²) in [5.74, 6) is 0.138. The van der Waals surface area contributed by atoms with E-state index in [9.17, 15) is 4.79 Å². The molecule has 0 saturated heterocycles. The number of benzene rings is 2. The fraction of sp³-hybridized carbons (Fsp3) is 0. The average molecular weight is 407 g/mol. The lowest BCUT2D eigenvalue weighted by Crippen LogP contribution is -1.93. The standard InChI is InChI=1S/C21H10OS4/c22-21(19-9-13-11-5-7-23-15(11)1-3-17(13)25-19)20-10-14-12-6-8-24-16(12)2-4-18(14)26-20/h1-10H. The first-order valence-corrected chi connectivity index (χ1v) is 11.5. The van der Waals surface area contributed by atoms with Gasteiger partial charge in [-0.05, 0) is 59.3 Å². The molecule has 2 aromatic carbocycles. The topological polar surface area (TPSA) is 17.1 Å². The maximum atomic E-state index is 13.2. The smallest absolute Gasteiger partial charge is 0.212 e. The Balaban J connectivity index is 1.53. The monoisotopic (exact) mass is 406 g/mol. The van der Waals surface area contributed by atoms with Crippen molar-refractivity contribution < 1.29 is 4.79 Å². The second-order valence-corrected chi connectivity index (χ2v) is 10.2. The molecule has 6 rings (SSSR count). The molecule has 0 aliphatic heterocycles. The molecule has 0 unspecified atom stereocenters. The number of hydrogen-bond acceptors (Lipinski definition) is 5. The Morgan fingerprint density at radius 1 is 0.577 bits per heavy atom. The zero-order chi connectivity index (χ0) is 17.3. The zero-order valence-electron chi connectivity index (χ0n) is 13.3. The first-order valence-electron chi connectivity index (χ1n) is 8.12. The highest BCUT2D eigenvalue weighted by Crippen LogP contribution is 2.38. The summed E-state index contributed by atoms with van der Waals surface area (Å²) in [6, 6.07) is 17.0. The van der Waals surface area contributed by atoms with Crippen LogP contribution in [0.25, 0.3) is 40.3 Å². The van der Waals surface area contributed by atoms with Crippen molar-refractivity contribution in [1.29, 1.82) is 0 Å². The third-order valence-corrected chi connectivity index (χ3v) is 8.67. The lowest BCUT2D eigenvalue weighted by atomic mass is 10.1. The Morgan fingerprint density at radius 3 is 1.54 bits per heavy atom. The Morgan fingerprint density at radius 2 is 1.04 bits per heavy atom. The minimum Gasteiger partial charge on any atom is -0.287 e. The van der Waals surface area contributed by atoms with Gasteiger partial charge in [-0.15, -0.1) is 45.3 Å². The lowest BCUT2D eigenvalue weighted by Gasteiger charge is -1.91. The third kappa shape index (κ3) is 2.09. The van der Waals surface area contributed by atoms with Gasteiger partial charge in [-0.2, -0.15) is 0 Å². The Kier molecular flexibility index (Phi) is 3.17. The van der Waals surface area contributed by atoms with Crippen LogP contribution in [0.5, 0.6) is 0 Å². The predicted molar refractivity (Wildman–Crippen MR) is 118 cm³/mol. The number of carbonyl (C=O) groups is 1. The fourth-order valence-corrected chi connectivity index (χ4v) is 7.20. The first-order chi connectivity index (χ1) is 12.8. The molecular formula is C21H10OS4. The van der Waals surface area contributed by atoms with Gasteiger partial charge in [-0.25, -0.2) is 0 Å². The van der Waals surface area contributed by atoms with Gasteiger partial charge in [0.2, 0.25) is 5.78 Å². The van der Waals surface area contributed by atoms with Crippen LogP contribution >= 0.6 is 45.3 Å². The second-order valence-electron chi connectivity index (χ2n) is 6.17. The number of rotatable bonds is 2. The minimum absolute atomic E-state index is 0.138. The van der Waals surface area contributed by atoms with Gasteiger partial charge < -0.3 is 0 Å². The van der Waals surface area contributed by atoms with Gasteiger partial charge in [0.1, 0.15) is 0 Å². The van der Waals surface area contributed by atoms with Crippen LogP contribution in [0.4, 0.5) is 0 Å². The molecule has 0 bridgehead atoms. The largest absolute Gasteiger partial charge is 0.287 e. The van der Waals surface area contributed by atoms with Gasteiger partial charge in [0.05, 0.1) is 9.75 Å². The Bertz CT molecular complexity index is 1350. The van der Waals surface area contributed by atoms with E-state index in [4.69, 9.17) is 0 Å². The highest BCUT2D eigenvalue weighted by atomic mass is 32.1. The number of ketones is 1. The molecule has 0 amide bonds. The number of hydrogen-bond donors (Lipinski definition) is 0. The van der Waals surface area contributed by atoms with Gasteiger partial charge in [0.15, 0.2) is 0 Å². The summed E-state index contributed by atoms with van der Waals surface area (Å²) in [6.07, 6.45) is 0. The molecule has 4 aromatic heterocycles. The highest BCUT2D eigenvalue weighted by molar-refractivity contribution is 7.24. The summed E-state index contributed by atoms with van der Waals surface area (Å²) >= 11 is 6.68. The molecule has 26 heavy (non-hydrogen) atoms. The Labute approximate surface area is 164 Å². The second kappa shape index (κ2) is 5.47. The van der Waals surface area contributed by atoms with Crippen LogP contribution in [0.1, 0.15) is 14.5 Å². The van der Waals surface area contributed by atoms with Crippen LogP contribution in [0.2, 0.25) is 0 Å². The van der Waals surface area contributed by atoms with Crippen LogP contribution in [0, 0.1) is 0 Å². The molecule has 0 atom stereocenters. The van der Waals surface area contributed by atoms with Crippen LogP contribution in [-0.4, -0.2) is 5.78 Å². The summed E-state index contributed by atoms with van der Waals surface area (Å²) in [6.45, 7) is 0. The van der Waals surface area contributed by atoms with Crippen molar-refractivity contribution in [3.63, 3.8) is 0 Å². The van der Waals surface area contributed by atoms with E-state index in [0.29, 0.717) is 0 Å². The summed E-state index contributed by atoms with van der Waals surface area (Å²) in [4.78, 5) is 14.8. The highest BCUT2D eigenvalue weighted by Gasteiger charge is 2.17. The Hall–Kier alpha value is -2.05. The molecule has 0 aliphatic carbocycles. The van der Waals surface area contributed by atoms with E-state index < -0.39 is 0 Å². The summed E-state index contributed by atoms with van der Waals surface area (Å²) in [5.41, 5.74) is 0. The van der Waals surface area contributed by atoms with E-state index in [1.807, 2.05) is 0 Å². The molecule has 0 N–H and O–H groups in total. The molecule has 124 valence electrons. The molecule has 1 nitrogen and oxygen atoms in total. The van der Waals surface area contributed by atoms with Gasteiger partial charge in [-0.1, -0.05) is 0 Å². The quantitative estimate of drug-likeness (QED) is 0.268. The van der Waals surface area contributed by atoms with Crippen molar-refractivity contribution in [2.24, 2.45) is 0 Å². The molecule has 6 aromatic rings. The summed E-state index contributed by atoms with van der Waals surface area (Å²) < 4.78 is 4.91. The maximum Gasteiger partial charge on any atom is 0.212 e. The molecule has 0 aliphatic rings. The van der Waals surface area contributed by atoms with E-state index in [2.05, 4.69) is 59.3 Å². The number of thiophene rings is 4. The van der Waals surface area contributed by atoms with Crippen molar-refractivity contribution in [3.05, 3.63) is 69.0 Å². The van der Waals surface area contributed by atoms with Crippen molar-refractivity contribution in [1.82, 2.24) is 0 Å². The van der Waals surface area contributed by atoms with Crippen LogP contribution in [0.15, 0.2) is 59.3 Å². The van der Waals surface area contributed by atoms with E-state index in [1.54, 1.807) is 45.3 Å². The SMILES string of the molecule is O=C(c1cc2c(ccc3sccc32)s1)c1cc2c(ccc3sccc32)s1. The maximum absolute atomic E-state index is 13.2. The molecule has 0 fully saturated rings.